The number of rotatable bonds is 6. The molecule has 0 atom stereocenters. The fourth-order valence-corrected chi connectivity index (χ4v) is 1.69. The monoisotopic (exact) mass is 220 g/mol. The van der Waals surface area contributed by atoms with Gasteiger partial charge in [-0.2, -0.15) is 0 Å². The zero-order valence-corrected chi connectivity index (χ0v) is 10.0. The van der Waals surface area contributed by atoms with Gasteiger partial charge in [-0.25, -0.2) is 5.43 Å². The summed E-state index contributed by atoms with van der Waals surface area (Å²) in [4.78, 5) is 11.1. The Morgan fingerprint density at radius 2 is 2.00 bits per heavy atom. The first-order valence-corrected chi connectivity index (χ1v) is 5.74. The minimum atomic E-state index is 0.0623. The lowest BCUT2D eigenvalue weighted by molar-refractivity contribution is -0.122. The summed E-state index contributed by atoms with van der Waals surface area (Å²) in [5.41, 5.74) is 7.92. The maximum absolute atomic E-state index is 11.1. The van der Waals surface area contributed by atoms with E-state index < -0.39 is 0 Å². The second-order valence-electron chi connectivity index (χ2n) is 3.93. The molecule has 1 amide bonds. The lowest BCUT2D eigenvalue weighted by atomic mass is 10.0. The van der Waals surface area contributed by atoms with Gasteiger partial charge in [-0.05, 0) is 37.3 Å². The summed E-state index contributed by atoms with van der Waals surface area (Å²) in [5, 5.41) is 0. The van der Waals surface area contributed by atoms with Crippen molar-refractivity contribution in [3.05, 3.63) is 35.4 Å². The molecule has 0 aliphatic rings. The topological polar surface area (TPSA) is 41.1 Å². The van der Waals surface area contributed by atoms with Crippen molar-refractivity contribution in [2.75, 3.05) is 7.05 Å². The molecule has 0 spiro atoms. The van der Waals surface area contributed by atoms with Gasteiger partial charge in [0.2, 0.25) is 5.91 Å². The first kappa shape index (κ1) is 12.7. The molecule has 0 aliphatic carbocycles. The van der Waals surface area contributed by atoms with Crippen LogP contribution in [0.15, 0.2) is 24.3 Å². The summed E-state index contributed by atoms with van der Waals surface area (Å²) in [6, 6.07) is 8.40. The van der Waals surface area contributed by atoms with Crippen LogP contribution in [-0.2, 0) is 11.2 Å². The number of unbranched alkanes of at least 4 members (excludes halogenated alkanes) is 1. The van der Waals surface area contributed by atoms with Crippen LogP contribution >= 0.6 is 0 Å². The maximum atomic E-state index is 11.1. The third-order valence-corrected chi connectivity index (χ3v) is 2.63. The predicted molar refractivity (Wildman–Crippen MR) is 65.9 cm³/mol. The van der Waals surface area contributed by atoms with E-state index in [9.17, 15) is 4.79 Å². The molecule has 1 aromatic rings. The van der Waals surface area contributed by atoms with Crippen LogP contribution in [0.5, 0.6) is 0 Å². The van der Waals surface area contributed by atoms with E-state index >= 15 is 0 Å². The van der Waals surface area contributed by atoms with Crippen LogP contribution in [0, 0.1) is 6.92 Å². The fourth-order valence-electron chi connectivity index (χ4n) is 1.69. The van der Waals surface area contributed by atoms with Crippen LogP contribution in [0.4, 0.5) is 0 Å². The molecule has 88 valence electrons. The van der Waals surface area contributed by atoms with E-state index in [0.717, 1.165) is 19.3 Å². The van der Waals surface area contributed by atoms with E-state index in [2.05, 4.69) is 42.0 Å². The summed E-state index contributed by atoms with van der Waals surface area (Å²) in [7, 11) is 1.70. The highest BCUT2D eigenvalue weighted by atomic mass is 16.2. The molecule has 0 fully saturated rings. The largest absolute Gasteiger partial charge is 0.292 e. The molecule has 1 aromatic carbocycles. The Morgan fingerprint density at radius 1 is 1.25 bits per heavy atom. The third kappa shape index (κ3) is 4.45. The second-order valence-corrected chi connectivity index (χ2v) is 3.93. The van der Waals surface area contributed by atoms with E-state index in [1.807, 2.05) is 0 Å². The van der Waals surface area contributed by atoms with Gasteiger partial charge in [-0.15, -0.1) is 0 Å². The minimum absolute atomic E-state index is 0.0623. The molecule has 0 aromatic heterocycles. The van der Waals surface area contributed by atoms with Crippen molar-refractivity contribution < 1.29 is 4.79 Å². The normalized spacial score (nSPS) is 10.1. The molecular formula is C13H20N2O. The number of nitrogens with one attached hydrogen (secondary N) is 2. The lowest BCUT2D eigenvalue weighted by Crippen LogP contribution is -2.33. The molecular weight excluding hydrogens is 200 g/mol. The summed E-state index contributed by atoms with van der Waals surface area (Å²) in [6.07, 6.45) is 3.63. The number of carbonyl (C=O) groups excluding carboxylic acids is 1. The van der Waals surface area contributed by atoms with Crippen molar-refractivity contribution >= 4 is 5.91 Å². The smallest absolute Gasteiger partial charge is 0.234 e. The first-order chi connectivity index (χ1) is 7.74. The number of hydrogen-bond acceptors (Lipinski definition) is 2. The number of benzene rings is 1. The van der Waals surface area contributed by atoms with Crippen molar-refractivity contribution in [3.8, 4) is 0 Å². The van der Waals surface area contributed by atoms with Crippen molar-refractivity contribution in [1.29, 1.82) is 0 Å². The summed E-state index contributed by atoms with van der Waals surface area (Å²) < 4.78 is 0. The predicted octanol–water partition coefficient (Wildman–Crippen LogP) is 1.96. The first-order valence-electron chi connectivity index (χ1n) is 5.74. The van der Waals surface area contributed by atoms with E-state index in [4.69, 9.17) is 0 Å². The maximum Gasteiger partial charge on any atom is 0.234 e. The Balaban J connectivity index is 2.21. The second kappa shape index (κ2) is 7.01. The molecule has 0 aliphatic heterocycles. The molecule has 0 bridgehead atoms. The minimum Gasteiger partial charge on any atom is -0.292 e. The van der Waals surface area contributed by atoms with Gasteiger partial charge in [0.05, 0.1) is 0 Å². The fraction of sp³-hybridized carbons (Fsp3) is 0.462. The highest BCUT2D eigenvalue weighted by Gasteiger charge is 2.00. The summed E-state index contributed by atoms with van der Waals surface area (Å²) >= 11 is 0. The zero-order chi connectivity index (χ0) is 11.8. The molecule has 1 rings (SSSR count). The van der Waals surface area contributed by atoms with Gasteiger partial charge < -0.3 is 0 Å². The highest BCUT2D eigenvalue weighted by molar-refractivity contribution is 5.75. The molecule has 2 N–H and O–H groups in total. The van der Waals surface area contributed by atoms with Gasteiger partial charge in [0.15, 0.2) is 0 Å². The van der Waals surface area contributed by atoms with Gasteiger partial charge in [-0.3, -0.25) is 10.2 Å². The van der Waals surface area contributed by atoms with Gasteiger partial charge in [-0.1, -0.05) is 24.3 Å². The quantitative estimate of drug-likeness (QED) is 0.568. The molecule has 0 unspecified atom stereocenters. The number of hydrazine groups is 1. The van der Waals surface area contributed by atoms with E-state index in [0.29, 0.717) is 6.42 Å². The van der Waals surface area contributed by atoms with Crippen LogP contribution in [0.25, 0.3) is 0 Å². The lowest BCUT2D eigenvalue weighted by Gasteiger charge is -2.05. The summed E-state index contributed by atoms with van der Waals surface area (Å²) in [6.45, 7) is 2.13. The molecule has 0 saturated carbocycles. The van der Waals surface area contributed by atoms with E-state index in [1.165, 1.54) is 11.1 Å². The Bertz CT molecular complexity index is 336. The number of aryl methyl sites for hydroxylation is 2. The Morgan fingerprint density at radius 3 is 2.69 bits per heavy atom. The molecule has 0 radical (unpaired) electrons. The Kier molecular flexibility index (Phi) is 5.57. The average Bonchev–Trinajstić information content (AvgIpc) is 2.27. The van der Waals surface area contributed by atoms with Crippen LogP contribution in [-0.4, -0.2) is 13.0 Å². The van der Waals surface area contributed by atoms with Crippen molar-refractivity contribution in [3.63, 3.8) is 0 Å². The number of hydrogen-bond donors (Lipinski definition) is 2. The van der Waals surface area contributed by atoms with Crippen LogP contribution in [0.2, 0.25) is 0 Å². The zero-order valence-electron chi connectivity index (χ0n) is 10.0. The standard InChI is InChI=1S/C13H20N2O/c1-11-7-3-4-8-12(11)9-5-6-10-13(16)15-14-2/h3-4,7-8,14H,5-6,9-10H2,1-2H3,(H,15,16). The van der Waals surface area contributed by atoms with Gasteiger partial charge in [0.1, 0.15) is 0 Å². The molecule has 0 saturated heterocycles. The van der Waals surface area contributed by atoms with Crippen molar-refractivity contribution in [2.45, 2.75) is 32.6 Å². The molecule has 3 nitrogen and oxygen atoms in total. The summed E-state index contributed by atoms with van der Waals surface area (Å²) in [5.74, 6) is 0.0623. The van der Waals surface area contributed by atoms with Gasteiger partial charge in [0, 0.05) is 13.5 Å². The van der Waals surface area contributed by atoms with Crippen LogP contribution in [0.1, 0.15) is 30.4 Å². The Labute approximate surface area is 97.2 Å². The molecule has 0 heterocycles. The SMILES string of the molecule is CNNC(=O)CCCCc1ccccc1C. The Hall–Kier alpha value is -1.35. The van der Waals surface area contributed by atoms with Crippen LogP contribution in [0.3, 0.4) is 0 Å². The number of amides is 1. The van der Waals surface area contributed by atoms with Gasteiger partial charge in [0.25, 0.3) is 0 Å². The van der Waals surface area contributed by atoms with Gasteiger partial charge >= 0.3 is 0 Å². The third-order valence-electron chi connectivity index (χ3n) is 2.63. The number of carbonyl (C=O) groups is 1. The van der Waals surface area contributed by atoms with E-state index in [-0.39, 0.29) is 5.91 Å². The highest BCUT2D eigenvalue weighted by Crippen LogP contribution is 2.11. The van der Waals surface area contributed by atoms with Crippen molar-refractivity contribution in [1.82, 2.24) is 10.9 Å². The molecule has 16 heavy (non-hydrogen) atoms. The molecule has 3 heteroatoms. The average molecular weight is 220 g/mol. The van der Waals surface area contributed by atoms with E-state index in [1.54, 1.807) is 7.05 Å². The van der Waals surface area contributed by atoms with Crippen LogP contribution < -0.4 is 10.9 Å². The van der Waals surface area contributed by atoms with Crippen molar-refractivity contribution in [2.24, 2.45) is 0 Å².